The lowest BCUT2D eigenvalue weighted by atomic mass is 9.86. The monoisotopic (exact) mass is 376 g/mol. The van der Waals surface area contributed by atoms with E-state index in [-0.39, 0.29) is 18.5 Å². The van der Waals surface area contributed by atoms with Crippen molar-refractivity contribution in [1.29, 1.82) is 0 Å². The van der Waals surface area contributed by atoms with Gasteiger partial charge < -0.3 is 20.1 Å². The summed E-state index contributed by atoms with van der Waals surface area (Å²) in [7, 11) is 1.51. The molecular formula is C20H28N2O5. The first-order valence-electron chi connectivity index (χ1n) is 9.32. The third kappa shape index (κ3) is 6.27. The van der Waals surface area contributed by atoms with Crippen molar-refractivity contribution in [3.8, 4) is 5.75 Å². The number of amides is 2. The van der Waals surface area contributed by atoms with Gasteiger partial charge in [0.2, 0.25) is 0 Å². The predicted molar refractivity (Wildman–Crippen MR) is 100 cm³/mol. The second-order valence-electron chi connectivity index (χ2n) is 6.92. The topological polar surface area (TPSA) is 93.7 Å². The Labute approximate surface area is 159 Å². The summed E-state index contributed by atoms with van der Waals surface area (Å²) in [5.74, 6) is -0.411. The maximum absolute atomic E-state index is 12.2. The largest absolute Gasteiger partial charge is 0.497 e. The van der Waals surface area contributed by atoms with Crippen molar-refractivity contribution in [2.45, 2.75) is 51.7 Å². The molecule has 1 saturated carbocycles. The van der Waals surface area contributed by atoms with Crippen molar-refractivity contribution >= 4 is 17.8 Å². The van der Waals surface area contributed by atoms with Crippen LogP contribution in [0.25, 0.3) is 0 Å². The molecule has 7 nitrogen and oxygen atoms in total. The molecule has 1 aliphatic carbocycles. The summed E-state index contributed by atoms with van der Waals surface area (Å²) in [6.07, 6.45) is 3.42. The molecule has 0 unspecified atom stereocenters. The fourth-order valence-electron chi connectivity index (χ4n) is 3.14. The van der Waals surface area contributed by atoms with Gasteiger partial charge in [-0.05, 0) is 43.9 Å². The van der Waals surface area contributed by atoms with Gasteiger partial charge in [0.1, 0.15) is 12.3 Å². The minimum atomic E-state index is -0.902. The Balaban J connectivity index is 1.76. The molecular weight excluding hydrogens is 348 g/mol. The minimum Gasteiger partial charge on any atom is -0.497 e. The molecule has 0 radical (unpaired) electrons. The zero-order valence-electron chi connectivity index (χ0n) is 16.1. The SMILES string of the molecule is COc1cccc(C(=O)NCC(=O)O[C@H](C)C(=O)N[C@H]2CCCC[C@H]2C)c1. The molecule has 1 aliphatic rings. The van der Waals surface area contributed by atoms with Crippen LogP contribution in [0, 0.1) is 5.92 Å². The van der Waals surface area contributed by atoms with Crippen LogP contribution in [0.3, 0.4) is 0 Å². The van der Waals surface area contributed by atoms with E-state index in [1.54, 1.807) is 24.3 Å². The zero-order valence-corrected chi connectivity index (χ0v) is 16.1. The molecule has 0 spiro atoms. The molecule has 7 heteroatoms. The predicted octanol–water partition coefficient (Wildman–Crippen LogP) is 2.05. The second-order valence-corrected chi connectivity index (χ2v) is 6.92. The van der Waals surface area contributed by atoms with Crippen molar-refractivity contribution in [3.05, 3.63) is 29.8 Å². The van der Waals surface area contributed by atoms with Crippen LogP contribution in [0.1, 0.15) is 49.9 Å². The summed E-state index contributed by atoms with van der Waals surface area (Å²) in [6, 6.07) is 6.72. The molecule has 0 bridgehead atoms. The molecule has 1 fully saturated rings. The maximum atomic E-state index is 12.2. The number of carbonyl (C=O) groups is 3. The number of hydrogen-bond donors (Lipinski definition) is 2. The average Bonchev–Trinajstić information content (AvgIpc) is 2.67. The summed E-state index contributed by atoms with van der Waals surface area (Å²) in [5, 5.41) is 5.44. The van der Waals surface area contributed by atoms with Crippen LogP contribution in [0.4, 0.5) is 0 Å². The van der Waals surface area contributed by atoms with Crippen molar-refractivity contribution in [2.24, 2.45) is 5.92 Å². The summed E-state index contributed by atoms with van der Waals surface area (Å²) < 4.78 is 10.2. The Morgan fingerprint density at radius 2 is 1.96 bits per heavy atom. The van der Waals surface area contributed by atoms with E-state index in [0.717, 1.165) is 19.3 Å². The van der Waals surface area contributed by atoms with E-state index in [9.17, 15) is 14.4 Å². The van der Waals surface area contributed by atoms with Gasteiger partial charge in [0.05, 0.1) is 7.11 Å². The van der Waals surface area contributed by atoms with Gasteiger partial charge in [-0.3, -0.25) is 14.4 Å². The van der Waals surface area contributed by atoms with E-state index in [0.29, 0.717) is 17.2 Å². The molecule has 2 amide bonds. The summed E-state index contributed by atoms with van der Waals surface area (Å²) in [4.78, 5) is 36.2. The highest BCUT2D eigenvalue weighted by Crippen LogP contribution is 2.23. The zero-order chi connectivity index (χ0) is 19.8. The molecule has 27 heavy (non-hydrogen) atoms. The minimum absolute atomic E-state index is 0.125. The highest BCUT2D eigenvalue weighted by Gasteiger charge is 2.26. The van der Waals surface area contributed by atoms with Crippen molar-refractivity contribution in [2.75, 3.05) is 13.7 Å². The standard InChI is InChI=1S/C20H28N2O5/c1-13-7-4-5-10-17(13)22-19(24)14(2)27-18(23)12-21-20(25)15-8-6-9-16(11-15)26-3/h6,8-9,11,13-14,17H,4-5,7,10,12H2,1-3H3,(H,21,25)(H,22,24)/t13-,14-,17+/m1/s1. The van der Waals surface area contributed by atoms with Crippen LogP contribution in [0.15, 0.2) is 24.3 Å². The molecule has 0 heterocycles. The van der Waals surface area contributed by atoms with E-state index in [1.807, 2.05) is 0 Å². The van der Waals surface area contributed by atoms with Crippen LogP contribution >= 0.6 is 0 Å². The van der Waals surface area contributed by atoms with Crippen LogP contribution in [0.2, 0.25) is 0 Å². The first kappa shape index (κ1) is 20.7. The van der Waals surface area contributed by atoms with Gasteiger partial charge in [-0.1, -0.05) is 25.8 Å². The lowest BCUT2D eigenvalue weighted by Crippen LogP contribution is -2.46. The van der Waals surface area contributed by atoms with Crippen molar-refractivity contribution in [1.82, 2.24) is 10.6 Å². The van der Waals surface area contributed by atoms with Gasteiger partial charge in [-0.15, -0.1) is 0 Å². The van der Waals surface area contributed by atoms with E-state index in [4.69, 9.17) is 9.47 Å². The highest BCUT2D eigenvalue weighted by atomic mass is 16.5. The molecule has 148 valence electrons. The quantitative estimate of drug-likeness (QED) is 0.711. The van der Waals surface area contributed by atoms with E-state index in [1.165, 1.54) is 20.5 Å². The average molecular weight is 376 g/mol. The van der Waals surface area contributed by atoms with Crippen LogP contribution in [-0.2, 0) is 14.3 Å². The fraction of sp³-hybridized carbons (Fsp3) is 0.550. The molecule has 3 atom stereocenters. The first-order valence-corrected chi connectivity index (χ1v) is 9.32. The Morgan fingerprint density at radius 3 is 2.67 bits per heavy atom. The summed E-state index contributed by atoms with van der Waals surface area (Å²) >= 11 is 0. The fourth-order valence-corrected chi connectivity index (χ4v) is 3.14. The summed E-state index contributed by atoms with van der Waals surface area (Å²) in [5.41, 5.74) is 0.374. The molecule has 0 saturated heterocycles. The second kappa shape index (κ2) is 9.94. The molecule has 0 aliphatic heterocycles. The summed E-state index contributed by atoms with van der Waals surface area (Å²) in [6.45, 7) is 3.34. The Bertz CT molecular complexity index is 676. The van der Waals surface area contributed by atoms with Crippen LogP contribution in [-0.4, -0.2) is 43.6 Å². The number of ether oxygens (including phenoxy) is 2. The number of hydrogen-bond acceptors (Lipinski definition) is 5. The third-order valence-electron chi connectivity index (χ3n) is 4.84. The van der Waals surface area contributed by atoms with Crippen LogP contribution < -0.4 is 15.4 Å². The highest BCUT2D eigenvalue weighted by molar-refractivity contribution is 5.96. The van der Waals surface area contributed by atoms with Gasteiger partial charge in [0, 0.05) is 11.6 Å². The lowest BCUT2D eigenvalue weighted by Gasteiger charge is -2.30. The Hall–Kier alpha value is -2.57. The van der Waals surface area contributed by atoms with Crippen LogP contribution in [0.5, 0.6) is 5.75 Å². The number of benzene rings is 1. The molecule has 2 N–H and O–H groups in total. The van der Waals surface area contributed by atoms with Crippen molar-refractivity contribution < 1.29 is 23.9 Å². The van der Waals surface area contributed by atoms with E-state index in [2.05, 4.69) is 17.6 Å². The maximum Gasteiger partial charge on any atom is 0.326 e. The van der Waals surface area contributed by atoms with Gasteiger partial charge in [-0.2, -0.15) is 0 Å². The van der Waals surface area contributed by atoms with Gasteiger partial charge in [0.25, 0.3) is 11.8 Å². The first-order chi connectivity index (χ1) is 12.9. The van der Waals surface area contributed by atoms with E-state index < -0.39 is 18.0 Å². The van der Waals surface area contributed by atoms with E-state index >= 15 is 0 Å². The van der Waals surface area contributed by atoms with Gasteiger partial charge in [-0.25, -0.2) is 0 Å². The number of rotatable bonds is 7. The molecule has 1 aromatic carbocycles. The normalized spacial score (nSPS) is 20.3. The molecule has 1 aromatic rings. The Kier molecular flexibility index (Phi) is 7.64. The van der Waals surface area contributed by atoms with Crippen molar-refractivity contribution in [3.63, 3.8) is 0 Å². The third-order valence-corrected chi connectivity index (χ3v) is 4.84. The smallest absolute Gasteiger partial charge is 0.326 e. The van der Waals surface area contributed by atoms with Gasteiger partial charge in [0.15, 0.2) is 6.10 Å². The molecule has 0 aromatic heterocycles. The van der Waals surface area contributed by atoms with Gasteiger partial charge >= 0.3 is 5.97 Å². The Morgan fingerprint density at radius 1 is 1.22 bits per heavy atom. The number of methoxy groups -OCH3 is 1. The lowest BCUT2D eigenvalue weighted by molar-refractivity contribution is -0.154. The molecule has 2 rings (SSSR count). The number of carbonyl (C=O) groups excluding carboxylic acids is 3. The number of nitrogens with one attached hydrogen (secondary N) is 2. The number of esters is 1.